The van der Waals surface area contributed by atoms with Gasteiger partial charge in [0, 0.05) is 25.0 Å². The third kappa shape index (κ3) is 6.19. The Morgan fingerprint density at radius 2 is 1.47 bits per heavy atom. The van der Waals surface area contributed by atoms with Crippen molar-refractivity contribution in [2.24, 2.45) is 5.10 Å². The van der Waals surface area contributed by atoms with Crippen molar-refractivity contribution >= 4 is 40.7 Å². The number of benzene rings is 3. The Labute approximate surface area is 254 Å². The fraction of sp³-hybridized carbons (Fsp3) is 0.182. The van der Waals surface area contributed by atoms with Crippen LogP contribution in [-0.4, -0.2) is 34.2 Å². The second-order valence-corrected chi connectivity index (χ2v) is 10.9. The van der Waals surface area contributed by atoms with E-state index in [-0.39, 0.29) is 18.8 Å². The number of thiocarbonyl (C=S) groups is 1. The van der Waals surface area contributed by atoms with E-state index >= 15 is 0 Å². The van der Waals surface area contributed by atoms with Crippen LogP contribution in [0.4, 0.5) is 11.4 Å². The molecule has 0 amide bonds. The third-order valence-corrected chi connectivity index (χ3v) is 7.64. The van der Waals surface area contributed by atoms with E-state index in [4.69, 9.17) is 27.8 Å². The predicted octanol–water partition coefficient (Wildman–Crippen LogP) is 4.81. The molecule has 0 fully saturated rings. The van der Waals surface area contributed by atoms with Gasteiger partial charge >= 0.3 is 0 Å². The van der Waals surface area contributed by atoms with Crippen LogP contribution in [0.25, 0.3) is 17.8 Å². The number of allylic oxidation sites excluding steroid dienone is 1. The Morgan fingerprint density at radius 1 is 0.907 bits per heavy atom. The molecule has 43 heavy (non-hydrogen) atoms. The molecule has 0 saturated carbocycles. The average molecular weight is 597 g/mol. The highest BCUT2D eigenvalue weighted by Gasteiger charge is 2.28. The summed E-state index contributed by atoms with van der Waals surface area (Å²) in [5.74, 6) is 0. The maximum Gasteiger partial charge on any atom is 0.264 e. The van der Waals surface area contributed by atoms with Gasteiger partial charge in [-0.3, -0.25) is 19.9 Å². The zero-order valence-corrected chi connectivity index (χ0v) is 25.1. The lowest BCUT2D eigenvalue weighted by molar-refractivity contribution is -0.253. The van der Waals surface area contributed by atoms with Gasteiger partial charge in [-0.1, -0.05) is 54.7 Å². The maximum absolute atomic E-state index is 14.2. The highest BCUT2D eigenvalue weighted by atomic mass is 32.1. The standard InChI is InChI=1S/C33H32N4O5S/c1-21(17-23-5-11-26(12-6-23)35(3)4)18-29-22(2)30-31(36(32(29)38)27-13-7-24(8-14-27)19-41-39)34-37(33(30)43)28-15-9-25(10-16-28)20-42-40/h5-18,39-40H,19-20H2,1-4H3/b21-17+,29-18+. The van der Waals surface area contributed by atoms with Gasteiger partial charge in [0.1, 0.15) is 18.2 Å². The van der Waals surface area contributed by atoms with Gasteiger partial charge in [-0.05, 0) is 84.1 Å². The van der Waals surface area contributed by atoms with E-state index in [2.05, 4.69) is 21.9 Å². The fourth-order valence-electron chi connectivity index (χ4n) is 5.00. The highest BCUT2D eigenvalue weighted by Crippen LogP contribution is 2.23. The SMILES string of the molecule is CC(=C\c1ccc(N(C)C)cc1)/C=c1\c(C)c2c(n(-c3ccc(COO)cc3)c1=O)=NN(c1ccc(COO)cc1)C2=S. The molecule has 1 aliphatic rings. The van der Waals surface area contributed by atoms with Crippen molar-refractivity contribution in [3.63, 3.8) is 0 Å². The second-order valence-electron chi connectivity index (χ2n) is 10.5. The lowest BCUT2D eigenvalue weighted by Gasteiger charge is -2.15. The molecule has 4 aromatic rings. The number of hydrogen-bond acceptors (Lipinski definition) is 8. The summed E-state index contributed by atoms with van der Waals surface area (Å²) in [7, 11) is 4.00. The molecule has 0 aliphatic carbocycles. The molecule has 0 bridgehead atoms. The molecule has 9 nitrogen and oxygen atoms in total. The Hall–Kier alpha value is -4.45. The minimum absolute atomic E-state index is 0.0271. The zero-order valence-electron chi connectivity index (χ0n) is 24.3. The molecular formula is C33H32N4O5S. The summed E-state index contributed by atoms with van der Waals surface area (Å²) < 4.78 is 1.57. The van der Waals surface area contributed by atoms with Crippen molar-refractivity contribution < 1.29 is 20.3 Å². The summed E-state index contributed by atoms with van der Waals surface area (Å²) in [5.41, 5.74) is 7.48. The van der Waals surface area contributed by atoms with E-state index in [0.717, 1.165) is 33.5 Å². The van der Waals surface area contributed by atoms with Crippen molar-refractivity contribution in [3.05, 3.63) is 127 Å². The minimum Gasteiger partial charge on any atom is -0.378 e. The average Bonchev–Trinajstić information content (AvgIpc) is 3.33. The fourth-order valence-corrected chi connectivity index (χ4v) is 5.39. The molecule has 1 aliphatic heterocycles. The summed E-state index contributed by atoms with van der Waals surface area (Å²) >= 11 is 5.94. The van der Waals surface area contributed by atoms with E-state index in [0.29, 0.717) is 32.6 Å². The molecular weight excluding hydrogens is 564 g/mol. The van der Waals surface area contributed by atoms with Gasteiger partial charge in [0.2, 0.25) is 0 Å². The Bertz CT molecular complexity index is 1860. The molecule has 0 atom stereocenters. The van der Waals surface area contributed by atoms with Crippen LogP contribution in [0.3, 0.4) is 0 Å². The largest absolute Gasteiger partial charge is 0.378 e. The molecule has 3 aromatic carbocycles. The van der Waals surface area contributed by atoms with Gasteiger partial charge in [0.15, 0.2) is 5.49 Å². The monoisotopic (exact) mass is 596 g/mol. The third-order valence-electron chi connectivity index (χ3n) is 7.26. The van der Waals surface area contributed by atoms with Gasteiger partial charge in [-0.2, -0.15) is 0 Å². The lowest BCUT2D eigenvalue weighted by atomic mass is 10.0. The number of hydrogen-bond donors (Lipinski definition) is 2. The first kappa shape index (κ1) is 30.0. The Kier molecular flexibility index (Phi) is 8.95. The van der Waals surface area contributed by atoms with E-state index < -0.39 is 0 Å². The van der Waals surface area contributed by atoms with Crippen molar-refractivity contribution in [2.75, 3.05) is 24.0 Å². The predicted molar refractivity (Wildman–Crippen MR) is 172 cm³/mol. The number of rotatable bonds is 9. The first-order chi connectivity index (χ1) is 20.7. The molecule has 220 valence electrons. The number of nitrogens with zero attached hydrogens (tertiary/aromatic N) is 4. The van der Waals surface area contributed by atoms with Crippen LogP contribution in [0.15, 0.2) is 88.3 Å². The Morgan fingerprint density at radius 3 is 2.00 bits per heavy atom. The van der Waals surface area contributed by atoms with Crippen molar-refractivity contribution in [1.82, 2.24) is 4.57 Å². The van der Waals surface area contributed by atoms with Gasteiger partial charge in [0.25, 0.3) is 5.56 Å². The Balaban J connectivity index is 1.68. The summed E-state index contributed by atoms with van der Waals surface area (Å²) in [4.78, 5) is 25.2. The number of pyridine rings is 1. The molecule has 0 spiro atoms. The molecule has 5 rings (SSSR count). The number of fused-ring (bicyclic) bond motifs is 1. The van der Waals surface area contributed by atoms with Crippen LogP contribution in [0, 0.1) is 6.92 Å². The van der Waals surface area contributed by atoms with E-state index in [9.17, 15) is 4.79 Å². The summed E-state index contributed by atoms with van der Waals surface area (Å²) in [6.45, 7) is 3.94. The summed E-state index contributed by atoms with van der Waals surface area (Å²) in [6.07, 6.45) is 3.92. The van der Waals surface area contributed by atoms with Crippen molar-refractivity contribution in [3.8, 4) is 5.69 Å². The minimum atomic E-state index is -0.234. The van der Waals surface area contributed by atoms with Crippen molar-refractivity contribution in [2.45, 2.75) is 27.1 Å². The van der Waals surface area contributed by atoms with Gasteiger partial charge < -0.3 is 4.90 Å². The quantitative estimate of drug-likeness (QED) is 0.162. The number of aromatic nitrogens is 1. The molecule has 0 unspecified atom stereocenters. The van der Waals surface area contributed by atoms with E-state index in [1.165, 1.54) is 0 Å². The zero-order chi connectivity index (χ0) is 30.7. The highest BCUT2D eigenvalue weighted by molar-refractivity contribution is 7.81. The van der Waals surface area contributed by atoms with Gasteiger partial charge in [-0.15, -0.1) is 5.10 Å². The first-order valence-corrected chi connectivity index (χ1v) is 14.0. The topological polar surface area (TPSA) is 99.8 Å². The molecule has 0 saturated heterocycles. The van der Waals surface area contributed by atoms with E-state index in [1.807, 2.05) is 81.4 Å². The van der Waals surface area contributed by atoms with Gasteiger partial charge in [0.05, 0.1) is 16.9 Å². The molecule has 2 N–H and O–H groups in total. The smallest absolute Gasteiger partial charge is 0.264 e. The molecule has 0 radical (unpaired) electrons. The summed E-state index contributed by atoms with van der Waals surface area (Å²) in [5, 5.41) is 24.6. The molecule has 10 heteroatoms. The molecule has 1 aromatic heterocycles. The van der Waals surface area contributed by atoms with Gasteiger partial charge in [-0.25, -0.2) is 14.8 Å². The first-order valence-electron chi connectivity index (χ1n) is 13.6. The van der Waals surface area contributed by atoms with Crippen LogP contribution >= 0.6 is 12.2 Å². The van der Waals surface area contributed by atoms with Crippen molar-refractivity contribution in [1.29, 1.82) is 0 Å². The summed E-state index contributed by atoms with van der Waals surface area (Å²) in [6, 6.07) is 22.6. The normalized spacial score (nSPS) is 13.3. The van der Waals surface area contributed by atoms with E-state index in [1.54, 1.807) is 33.8 Å². The number of anilines is 2. The van der Waals surface area contributed by atoms with Crippen LogP contribution in [0.1, 0.15) is 34.7 Å². The van der Waals surface area contributed by atoms with Crippen LogP contribution < -0.4 is 26.2 Å². The van der Waals surface area contributed by atoms with Crippen LogP contribution in [0.2, 0.25) is 0 Å². The van der Waals surface area contributed by atoms with Crippen LogP contribution in [0.5, 0.6) is 0 Å². The maximum atomic E-state index is 14.2. The van der Waals surface area contributed by atoms with Crippen LogP contribution in [-0.2, 0) is 23.0 Å². The second kappa shape index (κ2) is 12.8. The molecule has 2 heterocycles. The lowest BCUT2D eigenvalue weighted by Crippen LogP contribution is -2.45.